The van der Waals surface area contributed by atoms with Gasteiger partial charge in [-0.3, -0.25) is 0 Å². The molecular formula is C12H26N2O3S. The molecule has 1 fully saturated rings. The van der Waals surface area contributed by atoms with Gasteiger partial charge >= 0.3 is 0 Å². The average molecular weight is 278 g/mol. The third-order valence-electron chi connectivity index (χ3n) is 3.58. The Balaban J connectivity index is 2.26. The van der Waals surface area contributed by atoms with Crippen LogP contribution in [0.25, 0.3) is 0 Å². The Kier molecular flexibility index (Phi) is 6.55. The third kappa shape index (κ3) is 5.22. The maximum Gasteiger partial charge on any atom is 0.151 e. The molecule has 1 N–H and O–H groups in total. The minimum atomic E-state index is -2.91. The van der Waals surface area contributed by atoms with Gasteiger partial charge in [0.05, 0.1) is 11.9 Å². The Hall–Kier alpha value is -0.170. The first-order chi connectivity index (χ1) is 8.45. The van der Waals surface area contributed by atoms with Crippen LogP contribution in [0.5, 0.6) is 0 Å². The SMILES string of the molecule is COCCN(C)CCNC1CCCC1S(C)(=O)=O. The molecule has 0 aromatic heterocycles. The zero-order valence-electron chi connectivity index (χ0n) is 11.7. The summed E-state index contributed by atoms with van der Waals surface area (Å²) in [6, 6.07) is 0.135. The maximum absolute atomic E-state index is 11.6. The van der Waals surface area contributed by atoms with Crippen molar-refractivity contribution in [3.05, 3.63) is 0 Å². The third-order valence-corrected chi connectivity index (χ3v) is 5.24. The summed E-state index contributed by atoms with van der Waals surface area (Å²) in [5, 5.41) is 3.19. The number of ether oxygens (including phenoxy) is 1. The van der Waals surface area contributed by atoms with E-state index in [1.54, 1.807) is 7.11 Å². The molecule has 0 aliphatic heterocycles. The van der Waals surface area contributed by atoms with Gasteiger partial charge in [-0.2, -0.15) is 0 Å². The lowest BCUT2D eigenvalue weighted by molar-refractivity contribution is 0.161. The van der Waals surface area contributed by atoms with Crippen LogP contribution >= 0.6 is 0 Å². The van der Waals surface area contributed by atoms with Gasteiger partial charge < -0.3 is 15.0 Å². The van der Waals surface area contributed by atoms with Crippen LogP contribution in [-0.2, 0) is 14.6 Å². The largest absolute Gasteiger partial charge is 0.383 e. The number of methoxy groups -OCH3 is 1. The molecular weight excluding hydrogens is 252 g/mol. The molecule has 6 heteroatoms. The molecule has 0 heterocycles. The first-order valence-electron chi connectivity index (χ1n) is 6.55. The smallest absolute Gasteiger partial charge is 0.151 e. The van der Waals surface area contributed by atoms with Crippen LogP contribution in [0.15, 0.2) is 0 Å². The number of hydrogen-bond donors (Lipinski definition) is 1. The highest BCUT2D eigenvalue weighted by Crippen LogP contribution is 2.24. The molecule has 0 aromatic carbocycles. The highest BCUT2D eigenvalue weighted by Gasteiger charge is 2.34. The van der Waals surface area contributed by atoms with Gasteiger partial charge in [0, 0.05) is 39.0 Å². The van der Waals surface area contributed by atoms with Crippen molar-refractivity contribution < 1.29 is 13.2 Å². The van der Waals surface area contributed by atoms with E-state index in [-0.39, 0.29) is 11.3 Å². The number of nitrogens with one attached hydrogen (secondary N) is 1. The van der Waals surface area contributed by atoms with Crippen LogP contribution in [0.2, 0.25) is 0 Å². The molecule has 0 amide bonds. The molecule has 108 valence electrons. The van der Waals surface area contributed by atoms with Gasteiger partial charge in [0.2, 0.25) is 0 Å². The van der Waals surface area contributed by atoms with Crippen molar-refractivity contribution in [3.63, 3.8) is 0 Å². The second-order valence-corrected chi connectivity index (χ2v) is 7.42. The summed E-state index contributed by atoms with van der Waals surface area (Å²) in [5.41, 5.74) is 0. The molecule has 0 saturated heterocycles. The monoisotopic (exact) mass is 278 g/mol. The Morgan fingerprint density at radius 1 is 1.33 bits per heavy atom. The fourth-order valence-corrected chi connectivity index (χ4v) is 3.90. The Bertz CT molecular complexity index is 332. The van der Waals surface area contributed by atoms with Gasteiger partial charge in [-0.05, 0) is 19.9 Å². The lowest BCUT2D eigenvalue weighted by atomic mass is 10.2. The van der Waals surface area contributed by atoms with E-state index >= 15 is 0 Å². The van der Waals surface area contributed by atoms with Crippen LogP contribution in [-0.4, -0.2) is 71.3 Å². The summed E-state index contributed by atoms with van der Waals surface area (Å²) in [4.78, 5) is 2.18. The van der Waals surface area contributed by atoms with E-state index in [4.69, 9.17) is 4.74 Å². The molecule has 0 spiro atoms. The van der Waals surface area contributed by atoms with E-state index in [0.717, 1.165) is 45.5 Å². The highest BCUT2D eigenvalue weighted by atomic mass is 32.2. The van der Waals surface area contributed by atoms with Crippen LogP contribution in [0.3, 0.4) is 0 Å². The van der Waals surface area contributed by atoms with E-state index in [1.807, 2.05) is 7.05 Å². The Morgan fingerprint density at radius 2 is 2.06 bits per heavy atom. The van der Waals surface area contributed by atoms with Crippen molar-refractivity contribution in [3.8, 4) is 0 Å². The van der Waals surface area contributed by atoms with Crippen LogP contribution in [0, 0.1) is 0 Å². The molecule has 5 nitrogen and oxygen atoms in total. The van der Waals surface area contributed by atoms with E-state index < -0.39 is 9.84 Å². The molecule has 0 radical (unpaired) electrons. The molecule has 1 saturated carbocycles. The van der Waals surface area contributed by atoms with Gasteiger partial charge in [-0.1, -0.05) is 6.42 Å². The van der Waals surface area contributed by atoms with E-state index in [2.05, 4.69) is 10.2 Å². The topological polar surface area (TPSA) is 58.6 Å². The second-order valence-electron chi connectivity index (χ2n) is 5.16. The molecule has 1 rings (SSSR count). The predicted molar refractivity (Wildman–Crippen MR) is 73.6 cm³/mol. The summed E-state index contributed by atoms with van der Waals surface area (Å²) >= 11 is 0. The predicted octanol–water partition coefficient (Wildman–Crippen LogP) is 0.120. The number of hydrogen-bond acceptors (Lipinski definition) is 5. The highest BCUT2D eigenvalue weighted by molar-refractivity contribution is 7.91. The van der Waals surface area contributed by atoms with Crippen LogP contribution in [0.1, 0.15) is 19.3 Å². The molecule has 2 atom stereocenters. The van der Waals surface area contributed by atoms with E-state index in [1.165, 1.54) is 6.26 Å². The molecule has 2 unspecified atom stereocenters. The number of sulfone groups is 1. The van der Waals surface area contributed by atoms with Crippen molar-refractivity contribution in [2.24, 2.45) is 0 Å². The summed E-state index contributed by atoms with van der Waals surface area (Å²) in [5.74, 6) is 0. The Labute approximate surface area is 111 Å². The van der Waals surface area contributed by atoms with Crippen molar-refractivity contribution in [2.75, 3.05) is 46.7 Å². The standard InChI is InChI=1S/C12H26N2O3S/c1-14(9-10-17-2)8-7-13-11-5-4-6-12(11)18(3,15)16/h11-13H,4-10H2,1-3H3. The zero-order chi connectivity index (χ0) is 13.6. The maximum atomic E-state index is 11.6. The number of likely N-dealkylation sites (N-methyl/N-ethyl adjacent to an activating group) is 1. The molecule has 18 heavy (non-hydrogen) atoms. The first-order valence-corrected chi connectivity index (χ1v) is 8.50. The average Bonchev–Trinajstić information content (AvgIpc) is 2.74. The normalized spacial score (nSPS) is 24.9. The van der Waals surface area contributed by atoms with Gasteiger partial charge in [0.15, 0.2) is 9.84 Å². The second kappa shape index (κ2) is 7.43. The van der Waals surface area contributed by atoms with Gasteiger partial charge in [0.25, 0.3) is 0 Å². The van der Waals surface area contributed by atoms with Crippen molar-refractivity contribution in [2.45, 2.75) is 30.6 Å². The van der Waals surface area contributed by atoms with Crippen LogP contribution in [0.4, 0.5) is 0 Å². The van der Waals surface area contributed by atoms with Gasteiger partial charge in [-0.25, -0.2) is 8.42 Å². The number of rotatable bonds is 8. The summed E-state index contributed by atoms with van der Waals surface area (Å²) in [6.07, 6.45) is 4.13. The minimum Gasteiger partial charge on any atom is -0.383 e. The lowest BCUT2D eigenvalue weighted by Gasteiger charge is -2.22. The fraction of sp³-hybridized carbons (Fsp3) is 1.00. The van der Waals surface area contributed by atoms with Gasteiger partial charge in [0.1, 0.15) is 0 Å². The molecule has 1 aliphatic rings. The van der Waals surface area contributed by atoms with Crippen molar-refractivity contribution in [1.29, 1.82) is 0 Å². The lowest BCUT2D eigenvalue weighted by Crippen LogP contribution is -2.43. The summed E-state index contributed by atoms with van der Waals surface area (Å²) < 4.78 is 28.2. The van der Waals surface area contributed by atoms with Crippen molar-refractivity contribution >= 4 is 9.84 Å². The van der Waals surface area contributed by atoms with Crippen LogP contribution < -0.4 is 5.32 Å². The summed E-state index contributed by atoms with van der Waals surface area (Å²) in [6.45, 7) is 3.37. The zero-order valence-corrected chi connectivity index (χ0v) is 12.5. The summed E-state index contributed by atoms with van der Waals surface area (Å²) in [7, 11) is 0.828. The van der Waals surface area contributed by atoms with Crippen molar-refractivity contribution in [1.82, 2.24) is 10.2 Å². The van der Waals surface area contributed by atoms with E-state index in [0.29, 0.717) is 0 Å². The Morgan fingerprint density at radius 3 is 2.67 bits per heavy atom. The first kappa shape index (κ1) is 15.9. The van der Waals surface area contributed by atoms with E-state index in [9.17, 15) is 8.42 Å². The van der Waals surface area contributed by atoms with Gasteiger partial charge in [-0.15, -0.1) is 0 Å². The molecule has 0 aromatic rings. The number of nitrogens with zero attached hydrogens (tertiary/aromatic N) is 1. The molecule has 0 bridgehead atoms. The molecule has 1 aliphatic carbocycles. The quantitative estimate of drug-likeness (QED) is 0.683. The minimum absolute atomic E-state index is 0.135. The fourth-order valence-electron chi connectivity index (χ4n) is 2.47.